The highest BCUT2D eigenvalue weighted by Gasteiger charge is 2.10. The summed E-state index contributed by atoms with van der Waals surface area (Å²) in [5.74, 6) is 1.70. The molecule has 1 N–H and O–H groups in total. The second kappa shape index (κ2) is 6.41. The summed E-state index contributed by atoms with van der Waals surface area (Å²) in [6, 6.07) is 7.63. The van der Waals surface area contributed by atoms with E-state index in [2.05, 4.69) is 35.2 Å². The highest BCUT2D eigenvalue weighted by atomic mass is 35.5. The van der Waals surface area contributed by atoms with E-state index < -0.39 is 0 Å². The number of nitrogens with one attached hydrogen (secondary N) is 1. The lowest BCUT2D eigenvalue weighted by atomic mass is 10.2. The molecule has 3 nitrogen and oxygen atoms in total. The number of benzene rings is 1. The first-order valence-electron chi connectivity index (χ1n) is 7.01. The average molecular weight is 352 g/mol. The molecule has 3 aromatic rings. The third kappa shape index (κ3) is 3.19. The van der Waals surface area contributed by atoms with Crippen LogP contribution in [0, 0.1) is 6.92 Å². The van der Waals surface area contributed by atoms with E-state index in [4.69, 9.17) is 23.2 Å². The van der Waals surface area contributed by atoms with Crippen LogP contribution in [0.1, 0.15) is 23.2 Å². The predicted molar refractivity (Wildman–Crippen MR) is 95.3 cm³/mol. The van der Waals surface area contributed by atoms with Crippen LogP contribution in [-0.4, -0.2) is 9.97 Å². The topological polar surface area (TPSA) is 37.8 Å². The molecule has 0 bridgehead atoms. The molecular weight excluding hydrogens is 337 g/mol. The molecule has 22 heavy (non-hydrogen) atoms. The Labute approximate surface area is 143 Å². The lowest BCUT2D eigenvalue weighted by molar-refractivity contribution is 0.957. The van der Waals surface area contributed by atoms with Crippen molar-refractivity contribution >= 4 is 50.6 Å². The van der Waals surface area contributed by atoms with Crippen LogP contribution in [-0.2, 0) is 13.0 Å². The number of fused-ring (bicyclic) bond motifs is 1. The van der Waals surface area contributed by atoms with Crippen molar-refractivity contribution in [3.63, 3.8) is 0 Å². The van der Waals surface area contributed by atoms with E-state index in [1.54, 1.807) is 17.4 Å². The summed E-state index contributed by atoms with van der Waals surface area (Å²) in [7, 11) is 0. The molecular formula is C16H15Cl2N3S. The summed E-state index contributed by atoms with van der Waals surface area (Å²) >= 11 is 13.8. The molecule has 114 valence electrons. The van der Waals surface area contributed by atoms with Crippen molar-refractivity contribution < 1.29 is 0 Å². The Morgan fingerprint density at radius 1 is 1.18 bits per heavy atom. The molecule has 0 saturated heterocycles. The van der Waals surface area contributed by atoms with Crippen LogP contribution in [0.25, 0.3) is 10.2 Å². The smallest absolute Gasteiger partial charge is 0.138 e. The van der Waals surface area contributed by atoms with Crippen LogP contribution in [0.4, 0.5) is 5.82 Å². The molecule has 0 aliphatic heterocycles. The van der Waals surface area contributed by atoms with Crippen molar-refractivity contribution in [2.24, 2.45) is 0 Å². The molecule has 3 rings (SSSR count). The van der Waals surface area contributed by atoms with Gasteiger partial charge in [0.2, 0.25) is 0 Å². The lowest BCUT2D eigenvalue weighted by Gasteiger charge is -2.10. The maximum Gasteiger partial charge on any atom is 0.138 e. The number of aromatic nitrogens is 2. The van der Waals surface area contributed by atoms with Crippen LogP contribution >= 0.6 is 34.5 Å². The van der Waals surface area contributed by atoms with Gasteiger partial charge in [0.05, 0.1) is 5.39 Å². The van der Waals surface area contributed by atoms with E-state index in [1.165, 1.54) is 4.88 Å². The predicted octanol–water partition coefficient (Wildman–Crippen LogP) is 5.48. The van der Waals surface area contributed by atoms with E-state index in [0.717, 1.165) is 33.8 Å². The fourth-order valence-electron chi connectivity index (χ4n) is 2.22. The monoisotopic (exact) mass is 351 g/mol. The number of hydrogen-bond donors (Lipinski definition) is 1. The minimum absolute atomic E-state index is 0.597. The SMILES string of the molecule is CCc1nc(NCc2ccc(Cl)cc2Cl)c2cc(C)sc2n1. The van der Waals surface area contributed by atoms with Crippen molar-refractivity contribution in [1.82, 2.24) is 9.97 Å². The zero-order chi connectivity index (χ0) is 15.7. The molecule has 1 aromatic carbocycles. The Balaban J connectivity index is 1.92. The van der Waals surface area contributed by atoms with Gasteiger partial charge < -0.3 is 5.32 Å². The fraction of sp³-hybridized carbons (Fsp3) is 0.250. The maximum atomic E-state index is 6.22. The van der Waals surface area contributed by atoms with E-state index in [0.29, 0.717) is 16.6 Å². The lowest BCUT2D eigenvalue weighted by Crippen LogP contribution is -2.05. The van der Waals surface area contributed by atoms with E-state index in [9.17, 15) is 0 Å². The standard InChI is InChI=1S/C16H15Cl2N3S/c1-3-14-20-15(12-6-9(2)22-16(12)21-14)19-8-10-4-5-11(17)7-13(10)18/h4-7H,3,8H2,1-2H3,(H,19,20,21). The molecule has 6 heteroatoms. The van der Waals surface area contributed by atoms with Crippen molar-refractivity contribution in [2.45, 2.75) is 26.8 Å². The van der Waals surface area contributed by atoms with Crippen molar-refractivity contribution in [2.75, 3.05) is 5.32 Å². The van der Waals surface area contributed by atoms with Gasteiger partial charge in [0.25, 0.3) is 0 Å². The second-order valence-electron chi connectivity index (χ2n) is 5.01. The molecule has 0 atom stereocenters. The number of halogens is 2. The highest BCUT2D eigenvalue weighted by molar-refractivity contribution is 7.18. The molecule has 2 aromatic heterocycles. The Morgan fingerprint density at radius 3 is 2.73 bits per heavy atom. The number of thiophene rings is 1. The third-order valence-corrected chi connectivity index (χ3v) is 4.87. The first-order valence-corrected chi connectivity index (χ1v) is 8.59. The van der Waals surface area contributed by atoms with Crippen molar-refractivity contribution in [3.8, 4) is 0 Å². The van der Waals surface area contributed by atoms with Gasteiger partial charge in [-0.1, -0.05) is 36.2 Å². The molecule has 0 unspecified atom stereocenters. The van der Waals surface area contributed by atoms with E-state index in [-0.39, 0.29) is 0 Å². The molecule has 0 radical (unpaired) electrons. The Kier molecular flexibility index (Phi) is 4.52. The van der Waals surface area contributed by atoms with Gasteiger partial charge in [0.1, 0.15) is 16.5 Å². The minimum atomic E-state index is 0.597. The fourth-order valence-corrected chi connectivity index (χ4v) is 3.60. The summed E-state index contributed by atoms with van der Waals surface area (Å²) in [5, 5.41) is 5.73. The van der Waals surface area contributed by atoms with Gasteiger partial charge >= 0.3 is 0 Å². The molecule has 0 amide bonds. The van der Waals surface area contributed by atoms with Gasteiger partial charge in [-0.2, -0.15) is 0 Å². The number of nitrogens with zero attached hydrogens (tertiary/aromatic N) is 2. The summed E-state index contributed by atoms with van der Waals surface area (Å²) in [6.07, 6.45) is 0.809. The van der Waals surface area contributed by atoms with Crippen LogP contribution in [0.2, 0.25) is 10.0 Å². The number of anilines is 1. The Hall–Kier alpha value is -1.36. The van der Waals surface area contributed by atoms with Gasteiger partial charge in [-0.05, 0) is 30.7 Å². The van der Waals surface area contributed by atoms with Crippen LogP contribution < -0.4 is 5.32 Å². The van der Waals surface area contributed by atoms with Crippen molar-refractivity contribution in [3.05, 3.63) is 50.6 Å². The molecule has 0 saturated carbocycles. The number of aryl methyl sites for hydroxylation is 2. The van der Waals surface area contributed by atoms with Gasteiger partial charge in [-0.3, -0.25) is 0 Å². The first-order chi connectivity index (χ1) is 10.6. The Bertz CT molecular complexity index is 830. The molecule has 0 spiro atoms. The van der Waals surface area contributed by atoms with Gasteiger partial charge in [-0.25, -0.2) is 9.97 Å². The first kappa shape index (κ1) is 15.5. The minimum Gasteiger partial charge on any atom is -0.365 e. The van der Waals surface area contributed by atoms with Gasteiger partial charge in [0, 0.05) is 27.9 Å². The zero-order valence-electron chi connectivity index (χ0n) is 12.3. The second-order valence-corrected chi connectivity index (χ2v) is 7.09. The Morgan fingerprint density at radius 2 is 2.00 bits per heavy atom. The van der Waals surface area contributed by atoms with E-state index in [1.807, 2.05) is 12.1 Å². The molecule has 0 aliphatic carbocycles. The summed E-state index contributed by atoms with van der Waals surface area (Å²) in [5.41, 5.74) is 0.989. The van der Waals surface area contributed by atoms with Crippen LogP contribution in [0.15, 0.2) is 24.3 Å². The van der Waals surface area contributed by atoms with Crippen LogP contribution in [0.3, 0.4) is 0 Å². The molecule has 0 aliphatic rings. The highest BCUT2D eigenvalue weighted by Crippen LogP contribution is 2.29. The largest absolute Gasteiger partial charge is 0.365 e. The van der Waals surface area contributed by atoms with Crippen molar-refractivity contribution in [1.29, 1.82) is 0 Å². The quantitative estimate of drug-likeness (QED) is 0.675. The van der Waals surface area contributed by atoms with E-state index >= 15 is 0 Å². The maximum absolute atomic E-state index is 6.22. The zero-order valence-corrected chi connectivity index (χ0v) is 14.6. The number of hydrogen-bond acceptors (Lipinski definition) is 4. The normalized spacial score (nSPS) is 11.1. The summed E-state index contributed by atoms with van der Waals surface area (Å²) in [6.45, 7) is 4.74. The molecule has 2 heterocycles. The molecule has 0 fully saturated rings. The van der Waals surface area contributed by atoms with Gasteiger partial charge in [-0.15, -0.1) is 11.3 Å². The summed E-state index contributed by atoms with van der Waals surface area (Å²) in [4.78, 5) is 11.4. The van der Waals surface area contributed by atoms with Gasteiger partial charge in [0.15, 0.2) is 0 Å². The number of rotatable bonds is 4. The van der Waals surface area contributed by atoms with Crippen LogP contribution in [0.5, 0.6) is 0 Å². The summed E-state index contributed by atoms with van der Waals surface area (Å²) < 4.78 is 0. The third-order valence-electron chi connectivity index (χ3n) is 3.34. The average Bonchev–Trinajstić information content (AvgIpc) is 2.86.